The highest BCUT2D eigenvalue weighted by Crippen LogP contribution is 2.19. The summed E-state index contributed by atoms with van der Waals surface area (Å²) >= 11 is 0. The van der Waals surface area contributed by atoms with Crippen LogP contribution in [0.5, 0.6) is 0 Å². The van der Waals surface area contributed by atoms with Crippen LogP contribution in [-0.2, 0) is 0 Å². The van der Waals surface area contributed by atoms with Gasteiger partial charge in [0.25, 0.3) is 0 Å². The Hall–Kier alpha value is -1.15. The van der Waals surface area contributed by atoms with Crippen molar-refractivity contribution < 1.29 is 0 Å². The van der Waals surface area contributed by atoms with E-state index in [2.05, 4.69) is 29.1 Å². The lowest BCUT2D eigenvalue weighted by atomic mass is 10.0. The van der Waals surface area contributed by atoms with Crippen LogP contribution in [0, 0.1) is 7.05 Å². The molecule has 0 atom stereocenters. The Morgan fingerprint density at radius 1 is 1.38 bits per heavy atom. The van der Waals surface area contributed by atoms with E-state index in [9.17, 15) is 0 Å². The molecule has 1 aliphatic rings. The lowest BCUT2D eigenvalue weighted by Crippen LogP contribution is -2.21. The molecule has 13 heavy (non-hydrogen) atoms. The maximum atomic E-state index is 4.32. The molecule has 1 aliphatic heterocycles. The standard InChI is InChI=1S/C11H13N2/c1-13-8-5-10(6-9-13)11-4-2-3-7-12-11/h2-5,7H,1,6,8-9H2/q-1. The molecular weight excluding hydrogens is 160 g/mol. The van der Waals surface area contributed by atoms with Crippen molar-refractivity contribution in [2.75, 3.05) is 13.1 Å². The molecule has 0 amide bonds. The summed E-state index contributed by atoms with van der Waals surface area (Å²) in [7, 11) is 3.89. The van der Waals surface area contributed by atoms with E-state index in [0.717, 1.165) is 25.2 Å². The van der Waals surface area contributed by atoms with Crippen molar-refractivity contribution in [3.63, 3.8) is 0 Å². The first-order valence-electron chi connectivity index (χ1n) is 4.52. The zero-order valence-electron chi connectivity index (χ0n) is 7.61. The average Bonchev–Trinajstić information content (AvgIpc) is 2.20. The molecule has 0 aromatic carbocycles. The topological polar surface area (TPSA) is 16.1 Å². The molecule has 2 nitrogen and oxygen atoms in total. The van der Waals surface area contributed by atoms with Crippen LogP contribution in [0.4, 0.5) is 0 Å². The minimum atomic E-state index is 0.936. The summed E-state index contributed by atoms with van der Waals surface area (Å²) in [6.45, 7) is 1.97. The van der Waals surface area contributed by atoms with E-state index in [1.54, 1.807) is 0 Å². The van der Waals surface area contributed by atoms with Crippen LogP contribution in [-0.4, -0.2) is 23.0 Å². The van der Waals surface area contributed by atoms with Crippen molar-refractivity contribution in [2.24, 2.45) is 0 Å². The third-order valence-corrected chi connectivity index (χ3v) is 2.29. The fourth-order valence-electron chi connectivity index (χ4n) is 1.50. The minimum Gasteiger partial charge on any atom is -0.456 e. The number of hydrogen-bond acceptors (Lipinski definition) is 2. The average molecular weight is 173 g/mol. The first-order chi connectivity index (χ1) is 6.36. The summed E-state index contributed by atoms with van der Waals surface area (Å²) in [5.41, 5.74) is 2.45. The van der Waals surface area contributed by atoms with E-state index in [4.69, 9.17) is 0 Å². The Kier molecular flexibility index (Phi) is 2.41. The number of pyridine rings is 1. The highest BCUT2D eigenvalue weighted by molar-refractivity contribution is 5.63. The number of rotatable bonds is 1. The van der Waals surface area contributed by atoms with Crippen LogP contribution in [0.1, 0.15) is 12.1 Å². The molecule has 0 unspecified atom stereocenters. The van der Waals surface area contributed by atoms with Crippen LogP contribution >= 0.6 is 0 Å². The van der Waals surface area contributed by atoms with Crippen molar-refractivity contribution in [3.8, 4) is 0 Å². The molecule has 0 spiro atoms. The molecule has 2 rings (SSSR count). The molecule has 0 bridgehead atoms. The van der Waals surface area contributed by atoms with Gasteiger partial charge in [-0.1, -0.05) is 12.1 Å². The predicted octanol–water partition coefficient (Wildman–Crippen LogP) is 1.96. The molecule has 1 aromatic heterocycles. The lowest BCUT2D eigenvalue weighted by molar-refractivity contribution is 0.408. The predicted molar refractivity (Wildman–Crippen MR) is 53.8 cm³/mol. The Morgan fingerprint density at radius 2 is 2.31 bits per heavy atom. The van der Waals surface area contributed by atoms with E-state index < -0.39 is 0 Å². The van der Waals surface area contributed by atoms with E-state index >= 15 is 0 Å². The van der Waals surface area contributed by atoms with Crippen molar-refractivity contribution in [1.29, 1.82) is 0 Å². The smallest absolute Gasteiger partial charge is 0.0659 e. The van der Waals surface area contributed by atoms with Gasteiger partial charge in [0.2, 0.25) is 0 Å². The molecule has 0 saturated carbocycles. The Bertz CT molecular complexity index is 303. The molecule has 2 heterocycles. The van der Waals surface area contributed by atoms with Gasteiger partial charge in [-0.2, -0.15) is 0 Å². The molecule has 0 fully saturated rings. The van der Waals surface area contributed by atoms with Gasteiger partial charge in [-0.3, -0.25) is 12.0 Å². The fourth-order valence-corrected chi connectivity index (χ4v) is 1.50. The molecule has 0 saturated heterocycles. The van der Waals surface area contributed by atoms with Gasteiger partial charge in [-0.15, -0.1) is 0 Å². The SMILES string of the molecule is [CH2-]N1CC=C(c2ccccn2)CC1. The van der Waals surface area contributed by atoms with Gasteiger partial charge in [0.15, 0.2) is 0 Å². The van der Waals surface area contributed by atoms with Gasteiger partial charge in [0, 0.05) is 6.20 Å². The lowest BCUT2D eigenvalue weighted by Gasteiger charge is -2.28. The van der Waals surface area contributed by atoms with Gasteiger partial charge < -0.3 is 4.90 Å². The first-order valence-corrected chi connectivity index (χ1v) is 4.52. The second-order valence-electron chi connectivity index (χ2n) is 3.27. The summed E-state index contributed by atoms with van der Waals surface area (Å²) in [6, 6.07) is 6.03. The van der Waals surface area contributed by atoms with E-state index in [0.29, 0.717) is 0 Å². The molecule has 2 heteroatoms. The number of nitrogens with zero attached hydrogens (tertiary/aromatic N) is 2. The molecular formula is C11H13N2-. The maximum Gasteiger partial charge on any atom is 0.0659 e. The second kappa shape index (κ2) is 3.71. The zero-order chi connectivity index (χ0) is 9.10. The van der Waals surface area contributed by atoms with Crippen LogP contribution in [0.3, 0.4) is 0 Å². The Balaban J connectivity index is 2.19. The van der Waals surface area contributed by atoms with Gasteiger partial charge in [-0.25, -0.2) is 0 Å². The Morgan fingerprint density at radius 3 is 2.92 bits per heavy atom. The molecule has 1 aromatic rings. The summed E-state index contributed by atoms with van der Waals surface area (Å²) in [5.74, 6) is 0. The van der Waals surface area contributed by atoms with Crippen LogP contribution < -0.4 is 0 Å². The highest BCUT2D eigenvalue weighted by atomic mass is 15.1. The zero-order valence-corrected chi connectivity index (χ0v) is 7.61. The molecule has 68 valence electrons. The van der Waals surface area contributed by atoms with Gasteiger partial charge in [0.05, 0.1) is 5.69 Å². The third-order valence-electron chi connectivity index (χ3n) is 2.29. The number of hydrogen-bond donors (Lipinski definition) is 0. The number of aromatic nitrogens is 1. The van der Waals surface area contributed by atoms with Crippen molar-refractivity contribution in [3.05, 3.63) is 43.2 Å². The minimum absolute atomic E-state index is 0.936. The monoisotopic (exact) mass is 173 g/mol. The fraction of sp³-hybridized carbons (Fsp3) is 0.273. The third kappa shape index (κ3) is 1.95. The quantitative estimate of drug-likeness (QED) is 0.603. The first kappa shape index (κ1) is 8.45. The largest absolute Gasteiger partial charge is 0.456 e. The summed E-state index contributed by atoms with van der Waals surface area (Å²) in [6.07, 6.45) is 5.10. The summed E-state index contributed by atoms with van der Waals surface area (Å²) in [4.78, 5) is 6.38. The van der Waals surface area contributed by atoms with Gasteiger partial charge in [0.1, 0.15) is 0 Å². The van der Waals surface area contributed by atoms with Crippen LogP contribution in [0.25, 0.3) is 5.57 Å². The van der Waals surface area contributed by atoms with E-state index in [1.165, 1.54) is 5.57 Å². The van der Waals surface area contributed by atoms with Crippen molar-refractivity contribution in [1.82, 2.24) is 9.88 Å². The van der Waals surface area contributed by atoms with Gasteiger partial charge in [-0.05, 0) is 37.2 Å². The Labute approximate surface area is 78.9 Å². The second-order valence-corrected chi connectivity index (χ2v) is 3.27. The summed E-state index contributed by atoms with van der Waals surface area (Å²) < 4.78 is 0. The van der Waals surface area contributed by atoms with Crippen LogP contribution in [0.15, 0.2) is 30.5 Å². The molecule has 0 radical (unpaired) electrons. The molecule has 0 aliphatic carbocycles. The highest BCUT2D eigenvalue weighted by Gasteiger charge is 2.06. The normalized spacial score (nSPS) is 18.4. The van der Waals surface area contributed by atoms with Crippen molar-refractivity contribution in [2.45, 2.75) is 6.42 Å². The van der Waals surface area contributed by atoms with E-state index in [1.807, 2.05) is 18.3 Å². The van der Waals surface area contributed by atoms with Crippen LogP contribution in [0.2, 0.25) is 0 Å². The van der Waals surface area contributed by atoms with Gasteiger partial charge >= 0.3 is 0 Å². The maximum absolute atomic E-state index is 4.32. The molecule has 0 N–H and O–H groups in total. The summed E-state index contributed by atoms with van der Waals surface area (Å²) in [5, 5.41) is 0. The van der Waals surface area contributed by atoms with Crippen molar-refractivity contribution >= 4 is 5.57 Å². The van der Waals surface area contributed by atoms with E-state index in [-0.39, 0.29) is 0 Å².